The van der Waals surface area contributed by atoms with Gasteiger partial charge in [0.05, 0.1) is 18.1 Å². The summed E-state index contributed by atoms with van der Waals surface area (Å²) in [6.45, 7) is 4.55. The maximum Gasteiger partial charge on any atom is 0.138 e. The quantitative estimate of drug-likeness (QED) is 0.517. The van der Waals surface area contributed by atoms with Gasteiger partial charge in [0.25, 0.3) is 0 Å². The van der Waals surface area contributed by atoms with E-state index in [1.807, 2.05) is 42.5 Å². The molecule has 1 aromatic heterocycles. The first-order chi connectivity index (χ1) is 13.2. The Morgan fingerprint density at radius 1 is 0.926 bits per heavy atom. The third-order valence-electron chi connectivity index (χ3n) is 4.72. The van der Waals surface area contributed by atoms with Crippen molar-refractivity contribution in [2.24, 2.45) is 0 Å². The van der Waals surface area contributed by atoms with Crippen molar-refractivity contribution < 1.29 is 9.47 Å². The number of para-hydroxylation sites is 3. The minimum absolute atomic E-state index is 0.433. The van der Waals surface area contributed by atoms with Gasteiger partial charge in [-0.25, -0.2) is 4.98 Å². The molecule has 0 fully saturated rings. The number of imidazole rings is 1. The number of ether oxygens (including phenoxy) is 2. The number of rotatable bonds is 5. The molecule has 1 heterocycles. The van der Waals surface area contributed by atoms with Crippen LogP contribution in [0.15, 0.2) is 60.7 Å². The molecule has 0 aliphatic carbocycles. The molecule has 27 heavy (non-hydrogen) atoms. The van der Waals surface area contributed by atoms with E-state index in [9.17, 15) is 0 Å². The SMILES string of the molecule is COc1ccc(-c2nc3ccccc3[nH]2)cc1COc1c(C)cccc1C. The molecule has 0 radical (unpaired) electrons. The van der Waals surface area contributed by atoms with E-state index in [1.54, 1.807) is 7.11 Å². The molecule has 0 aliphatic rings. The summed E-state index contributed by atoms with van der Waals surface area (Å²) in [4.78, 5) is 8.06. The number of fused-ring (bicyclic) bond motifs is 1. The maximum absolute atomic E-state index is 6.14. The predicted octanol–water partition coefficient (Wildman–Crippen LogP) is 5.43. The standard InChI is InChI=1S/C23H22N2O2/c1-15-7-6-8-16(2)22(15)27-14-18-13-17(11-12-21(18)26-3)23-24-19-9-4-5-10-20(19)25-23/h4-13H,14H2,1-3H3,(H,24,25). The number of aromatic amines is 1. The molecule has 0 aliphatic heterocycles. The zero-order valence-electron chi connectivity index (χ0n) is 15.7. The largest absolute Gasteiger partial charge is 0.496 e. The smallest absolute Gasteiger partial charge is 0.138 e. The first-order valence-electron chi connectivity index (χ1n) is 8.97. The van der Waals surface area contributed by atoms with Crippen LogP contribution in [0.5, 0.6) is 11.5 Å². The fourth-order valence-corrected chi connectivity index (χ4v) is 3.30. The summed E-state index contributed by atoms with van der Waals surface area (Å²) in [5, 5.41) is 0. The van der Waals surface area contributed by atoms with Crippen molar-refractivity contribution in [1.29, 1.82) is 0 Å². The third-order valence-corrected chi connectivity index (χ3v) is 4.72. The monoisotopic (exact) mass is 358 g/mol. The number of nitrogens with one attached hydrogen (secondary N) is 1. The van der Waals surface area contributed by atoms with Crippen LogP contribution in [0.4, 0.5) is 0 Å². The molecule has 0 spiro atoms. The molecule has 3 aromatic carbocycles. The molecule has 4 heteroatoms. The van der Waals surface area contributed by atoms with E-state index in [0.717, 1.165) is 50.6 Å². The van der Waals surface area contributed by atoms with E-state index in [2.05, 4.69) is 42.0 Å². The van der Waals surface area contributed by atoms with Gasteiger partial charge < -0.3 is 14.5 Å². The van der Waals surface area contributed by atoms with E-state index >= 15 is 0 Å². The van der Waals surface area contributed by atoms with Crippen molar-refractivity contribution in [2.75, 3.05) is 7.11 Å². The van der Waals surface area contributed by atoms with Crippen LogP contribution in [0.25, 0.3) is 22.4 Å². The van der Waals surface area contributed by atoms with Crippen molar-refractivity contribution >= 4 is 11.0 Å². The third kappa shape index (κ3) is 3.38. The zero-order valence-corrected chi connectivity index (χ0v) is 15.7. The van der Waals surface area contributed by atoms with Crippen LogP contribution in [0, 0.1) is 13.8 Å². The highest BCUT2D eigenvalue weighted by Crippen LogP contribution is 2.29. The Kier molecular flexibility index (Phi) is 4.55. The summed E-state index contributed by atoms with van der Waals surface area (Å²) in [6, 6.07) is 20.2. The lowest BCUT2D eigenvalue weighted by Gasteiger charge is -2.14. The summed E-state index contributed by atoms with van der Waals surface area (Å²) < 4.78 is 11.7. The zero-order chi connectivity index (χ0) is 18.8. The summed E-state index contributed by atoms with van der Waals surface area (Å²) in [5.74, 6) is 2.57. The van der Waals surface area contributed by atoms with Gasteiger partial charge in [-0.15, -0.1) is 0 Å². The van der Waals surface area contributed by atoms with Crippen LogP contribution in [0.1, 0.15) is 16.7 Å². The number of aryl methyl sites for hydroxylation is 2. The first-order valence-corrected chi connectivity index (χ1v) is 8.97. The number of nitrogens with zero attached hydrogens (tertiary/aromatic N) is 1. The average molecular weight is 358 g/mol. The van der Waals surface area contributed by atoms with E-state index in [-0.39, 0.29) is 0 Å². The molecule has 0 amide bonds. The van der Waals surface area contributed by atoms with Crippen LogP contribution in [0.3, 0.4) is 0 Å². The van der Waals surface area contributed by atoms with Crippen LogP contribution in [-0.2, 0) is 6.61 Å². The fraction of sp³-hybridized carbons (Fsp3) is 0.174. The molecule has 0 saturated heterocycles. The second kappa shape index (κ2) is 7.16. The summed E-state index contributed by atoms with van der Waals surface area (Å²) in [7, 11) is 1.68. The number of hydrogen-bond donors (Lipinski definition) is 1. The van der Waals surface area contributed by atoms with Crippen molar-refractivity contribution in [3.63, 3.8) is 0 Å². The minimum Gasteiger partial charge on any atom is -0.496 e. The highest BCUT2D eigenvalue weighted by Gasteiger charge is 2.11. The predicted molar refractivity (Wildman–Crippen MR) is 108 cm³/mol. The molecule has 1 N–H and O–H groups in total. The Hall–Kier alpha value is -3.27. The van der Waals surface area contributed by atoms with Crippen LogP contribution in [-0.4, -0.2) is 17.1 Å². The molecule has 4 rings (SSSR count). The van der Waals surface area contributed by atoms with Gasteiger partial charge >= 0.3 is 0 Å². The van der Waals surface area contributed by atoms with Crippen molar-refractivity contribution in [2.45, 2.75) is 20.5 Å². The fourth-order valence-electron chi connectivity index (χ4n) is 3.30. The molecule has 0 bridgehead atoms. The Morgan fingerprint density at radius 3 is 2.44 bits per heavy atom. The number of benzene rings is 3. The highest BCUT2D eigenvalue weighted by molar-refractivity contribution is 5.79. The number of methoxy groups -OCH3 is 1. The van der Waals surface area contributed by atoms with Crippen LogP contribution < -0.4 is 9.47 Å². The van der Waals surface area contributed by atoms with Gasteiger partial charge in [0.15, 0.2) is 0 Å². The Bertz CT molecular complexity index is 1050. The normalized spacial score (nSPS) is 10.9. The van der Waals surface area contributed by atoms with Gasteiger partial charge in [-0.05, 0) is 55.3 Å². The van der Waals surface area contributed by atoms with Crippen molar-refractivity contribution in [3.8, 4) is 22.9 Å². The van der Waals surface area contributed by atoms with Gasteiger partial charge in [-0.1, -0.05) is 30.3 Å². The molecular formula is C23H22N2O2. The Balaban J connectivity index is 1.66. The van der Waals surface area contributed by atoms with E-state index in [0.29, 0.717) is 6.61 Å². The summed E-state index contributed by atoms with van der Waals surface area (Å²) >= 11 is 0. The second-order valence-electron chi connectivity index (χ2n) is 6.64. The molecule has 4 aromatic rings. The van der Waals surface area contributed by atoms with Crippen molar-refractivity contribution in [1.82, 2.24) is 9.97 Å². The molecule has 0 unspecified atom stereocenters. The van der Waals surface area contributed by atoms with Gasteiger partial charge in [-0.2, -0.15) is 0 Å². The average Bonchev–Trinajstić information content (AvgIpc) is 3.11. The molecular weight excluding hydrogens is 336 g/mol. The van der Waals surface area contributed by atoms with E-state index in [4.69, 9.17) is 9.47 Å². The minimum atomic E-state index is 0.433. The van der Waals surface area contributed by atoms with E-state index in [1.165, 1.54) is 0 Å². The molecule has 0 atom stereocenters. The highest BCUT2D eigenvalue weighted by atomic mass is 16.5. The molecule has 0 saturated carbocycles. The Labute approximate surface area is 158 Å². The number of H-pyrrole nitrogens is 1. The van der Waals surface area contributed by atoms with E-state index < -0.39 is 0 Å². The van der Waals surface area contributed by atoms with Gasteiger partial charge in [-0.3, -0.25) is 0 Å². The lowest BCUT2D eigenvalue weighted by Crippen LogP contribution is -2.01. The topological polar surface area (TPSA) is 47.1 Å². The first kappa shape index (κ1) is 17.2. The van der Waals surface area contributed by atoms with Gasteiger partial charge in [0, 0.05) is 11.1 Å². The summed E-state index contributed by atoms with van der Waals surface area (Å²) in [5.41, 5.74) is 6.23. The lowest BCUT2D eigenvalue weighted by molar-refractivity contribution is 0.293. The summed E-state index contributed by atoms with van der Waals surface area (Å²) in [6.07, 6.45) is 0. The van der Waals surface area contributed by atoms with Crippen molar-refractivity contribution in [3.05, 3.63) is 77.4 Å². The second-order valence-corrected chi connectivity index (χ2v) is 6.64. The molecule has 136 valence electrons. The maximum atomic E-state index is 6.14. The van der Waals surface area contributed by atoms with Gasteiger partial charge in [0.2, 0.25) is 0 Å². The molecule has 4 nitrogen and oxygen atoms in total. The number of hydrogen-bond acceptors (Lipinski definition) is 3. The lowest BCUT2D eigenvalue weighted by atomic mass is 10.1. The Morgan fingerprint density at radius 2 is 1.70 bits per heavy atom. The van der Waals surface area contributed by atoms with Crippen LogP contribution in [0.2, 0.25) is 0 Å². The van der Waals surface area contributed by atoms with Gasteiger partial charge in [0.1, 0.15) is 23.9 Å². The van der Waals surface area contributed by atoms with Crippen LogP contribution >= 0.6 is 0 Å². The number of aromatic nitrogens is 2.